The number of para-hydroxylation sites is 1. The summed E-state index contributed by atoms with van der Waals surface area (Å²) in [5, 5.41) is 24.6. The van der Waals surface area contributed by atoms with Crippen LogP contribution in [0.5, 0.6) is 0 Å². The minimum absolute atomic E-state index is 0.197. The van der Waals surface area contributed by atoms with Gasteiger partial charge in [-0.05, 0) is 12.1 Å². The summed E-state index contributed by atoms with van der Waals surface area (Å²) in [6.45, 7) is 1.66. The summed E-state index contributed by atoms with van der Waals surface area (Å²) in [5.74, 6) is -1.10. The molecular weight excluding hydrogens is 384 g/mol. The molecule has 1 N–H and O–H groups in total. The fraction of sp³-hybridized carbons (Fsp3) is 0.222. The van der Waals surface area contributed by atoms with Crippen LogP contribution in [0.2, 0.25) is 0 Å². The van der Waals surface area contributed by atoms with Gasteiger partial charge in [0.25, 0.3) is 23.2 Å². The van der Waals surface area contributed by atoms with E-state index in [1.165, 1.54) is 6.07 Å². The minimum atomic E-state index is -0.820. The second kappa shape index (κ2) is 8.44. The van der Waals surface area contributed by atoms with Crippen molar-refractivity contribution >= 4 is 28.9 Å². The Morgan fingerprint density at radius 2 is 1.55 bits per heavy atom. The second-order valence-corrected chi connectivity index (χ2v) is 6.16. The molecule has 3 rings (SSSR count). The highest BCUT2D eigenvalue weighted by Gasteiger charge is 2.23. The van der Waals surface area contributed by atoms with Crippen LogP contribution in [0.25, 0.3) is 0 Å². The Balaban J connectivity index is 1.89. The Labute approximate surface area is 164 Å². The summed E-state index contributed by atoms with van der Waals surface area (Å²) >= 11 is 0. The van der Waals surface area contributed by atoms with E-state index in [1.54, 1.807) is 23.1 Å². The number of nitro groups is 2. The molecule has 0 unspecified atom stereocenters. The SMILES string of the molecule is O=C(Nc1ccccc1C(=O)N1CCOCC1)c1cc([N+](=O)[O-])cc([N+](=O)[O-])c1. The zero-order chi connectivity index (χ0) is 21.0. The van der Waals surface area contributed by atoms with Crippen molar-refractivity contribution in [1.82, 2.24) is 4.90 Å². The van der Waals surface area contributed by atoms with Crippen LogP contribution in [0.3, 0.4) is 0 Å². The molecule has 1 aliphatic rings. The second-order valence-electron chi connectivity index (χ2n) is 6.16. The van der Waals surface area contributed by atoms with Crippen LogP contribution in [0.15, 0.2) is 42.5 Å². The quantitative estimate of drug-likeness (QED) is 0.598. The van der Waals surface area contributed by atoms with Crippen LogP contribution in [0, 0.1) is 20.2 Å². The molecule has 0 aromatic heterocycles. The standard InChI is InChI=1S/C18H16N4O7/c23-17(12-9-13(21(25)26)11-14(10-12)22(27)28)19-16-4-2-1-3-15(16)18(24)20-5-7-29-8-6-20/h1-4,9-11H,5-8H2,(H,19,23). The summed E-state index contributed by atoms with van der Waals surface area (Å²) in [5.41, 5.74) is -0.991. The molecule has 0 spiro atoms. The van der Waals surface area contributed by atoms with Gasteiger partial charge in [0.05, 0.1) is 45.9 Å². The smallest absolute Gasteiger partial charge is 0.277 e. The summed E-state index contributed by atoms with van der Waals surface area (Å²) in [6.07, 6.45) is 0. The Kier molecular flexibility index (Phi) is 5.79. The van der Waals surface area contributed by atoms with Gasteiger partial charge in [-0.1, -0.05) is 12.1 Å². The number of anilines is 1. The third-order valence-corrected chi connectivity index (χ3v) is 4.29. The monoisotopic (exact) mass is 400 g/mol. The number of hydrogen-bond acceptors (Lipinski definition) is 7. The highest BCUT2D eigenvalue weighted by molar-refractivity contribution is 6.09. The van der Waals surface area contributed by atoms with Crippen LogP contribution in [-0.2, 0) is 4.74 Å². The van der Waals surface area contributed by atoms with Gasteiger partial charge in [-0.25, -0.2) is 0 Å². The van der Waals surface area contributed by atoms with Crippen molar-refractivity contribution in [2.75, 3.05) is 31.6 Å². The molecule has 11 nitrogen and oxygen atoms in total. The molecule has 1 saturated heterocycles. The van der Waals surface area contributed by atoms with Crippen molar-refractivity contribution in [2.45, 2.75) is 0 Å². The van der Waals surface area contributed by atoms with Gasteiger partial charge in [-0.3, -0.25) is 29.8 Å². The normalized spacial score (nSPS) is 13.6. The number of carbonyl (C=O) groups excluding carboxylic acids is 2. The average molecular weight is 400 g/mol. The van der Waals surface area contributed by atoms with E-state index in [1.807, 2.05) is 0 Å². The molecule has 0 bridgehead atoms. The fourth-order valence-electron chi connectivity index (χ4n) is 2.85. The minimum Gasteiger partial charge on any atom is -0.378 e. The number of rotatable bonds is 5. The molecule has 0 aliphatic carbocycles. The van der Waals surface area contributed by atoms with E-state index >= 15 is 0 Å². The van der Waals surface area contributed by atoms with Gasteiger partial charge in [-0.2, -0.15) is 0 Å². The largest absolute Gasteiger partial charge is 0.378 e. The Hall–Kier alpha value is -3.86. The van der Waals surface area contributed by atoms with E-state index in [0.717, 1.165) is 18.2 Å². The molecule has 1 aliphatic heterocycles. The summed E-state index contributed by atoms with van der Waals surface area (Å²) in [4.78, 5) is 47.4. The van der Waals surface area contributed by atoms with E-state index in [0.29, 0.717) is 26.3 Å². The van der Waals surface area contributed by atoms with Crippen molar-refractivity contribution in [1.29, 1.82) is 0 Å². The number of morpholine rings is 1. The van der Waals surface area contributed by atoms with E-state index in [4.69, 9.17) is 4.74 Å². The zero-order valence-corrected chi connectivity index (χ0v) is 15.1. The van der Waals surface area contributed by atoms with Gasteiger partial charge in [0.1, 0.15) is 0 Å². The highest BCUT2D eigenvalue weighted by atomic mass is 16.6. The first kappa shape index (κ1) is 19.9. The van der Waals surface area contributed by atoms with Crippen LogP contribution in [-0.4, -0.2) is 52.9 Å². The molecule has 2 aromatic carbocycles. The van der Waals surface area contributed by atoms with Crippen LogP contribution in [0.1, 0.15) is 20.7 Å². The van der Waals surface area contributed by atoms with Gasteiger partial charge in [0, 0.05) is 25.2 Å². The molecule has 1 fully saturated rings. The van der Waals surface area contributed by atoms with Crippen molar-refractivity contribution in [3.05, 3.63) is 73.8 Å². The zero-order valence-electron chi connectivity index (χ0n) is 15.1. The van der Waals surface area contributed by atoms with Crippen molar-refractivity contribution in [3.63, 3.8) is 0 Å². The molecule has 0 atom stereocenters. The molecule has 1 heterocycles. The Morgan fingerprint density at radius 1 is 0.966 bits per heavy atom. The molecular formula is C18H16N4O7. The summed E-state index contributed by atoms with van der Waals surface area (Å²) in [7, 11) is 0. The average Bonchev–Trinajstić information content (AvgIpc) is 2.73. The van der Waals surface area contributed by atoms with Crippen LogP contribution >= 0.6 is 0 Å². The number of amides is 2. The molecule has 2 aromatic rings. The maximum atomic E-state index is 12.8. The molecule has 2 amide bonds. The van der Waals surface area contributed by atoms with E-state index in [2.05, 4.69) is 5.32 Å². The number of carbonyl (C=O) groups is 2. The number of ether oxygens (including phenoxy) is 1. The van der Waals surface area contributed by atoms with E-state index in [9.17, 15) is 29.8 Å². The fourth-order valence-corrected chi connectivity index (χ4v) is 2.85. The summed E-state index contributed by atoms with van der Waals surface area (Å²) < 4.78 is 5.23. The number of nitrogens with one attached hydrogen (secondary N) is 1. The lowest BCUT2D eigenvalue weighted by molar-refractivity contribution is -0.394. The van der Waals surface area contributed by atoms with Gasteiger partial charge in [0.2, 0.25) is 0 Å². The third-order valence-electron chi connectivity index (χ3n) is 4.29. The molecule has 150 valence electrons. The third kappa shape index (κ3) is 4.52. The number of non-ortho nitro benzene ring substituents is 2. The van der Waals surface area contributed by atoms with Crippen LogP contribution in [0.4, 0.5) is 17.1 Å². The van der Waals surface area contributed by atoms with Crippen molar-refractivity contribution in [3.8, 4) is 0 Å². The predicted molar refractivity (Wildman–Crippen MR) is 101 cm³/mol. The lowest BCUT2D eigenvalue weighted by Gasteiger charge is -2.27. The van der Waals surface area contributed by atoms with Crippen molar-refractivity contribution < 1.29 is 24.2 Å². The maximum absolute atomic E-state index is 12.8. The molecule has 29 heavy (non-hydrogen) atoms. The van der Waals surface area contributed by atoms with Gasteiger partial charge in [-0.15, -0.1) is 0 Å². The predicted octanol–water partition coefficient (Wildman–Crippen LogP) is 2.23. The number of nitro benzene ring substituents is 2. The molecule has 0 radical (unpaired) electrons. The van der Waals surface area contributed by atoms with Crippen molar-refractivity contribution in [2.24, 2.45) is 0 Å². The molecule has 0 saturated carbocycles. The van der Waals surface area contributed by atoms with E-state index < -0.39 is 27.1 Å². The van der Waals surface area contributed by atoms with Gasteiger partial charge in [0.15, 0.2) is 0 Å². The first-order chi connectivity index (χ1) is 13.9. The maximum Gasteiger partial charge on any atom is 0.277 e. The topological polar surface area (TPSA) is 145 Å². The van der Waals surface area contributed by atoms with Crippen LogP contribution < -0.4 is 5.32 Å². The molecule has 11 heteroatoms. The number of hydrogen-bond donors (Lipinski definition) is 1. The summed E-state index contributed by atoms with van der Waals surface area (Å²) in [6, 6.07) is 8.96. The Morgan fingerprint density at radius 3 is 2.14 bits per heavy atom. The Bertz CT molecular complexity index is 954. The highest BCUT2D eigenvalue weighted by Crippen LogP contribution is 2.24. The number of benzene rings is 2. The lowest BCUT2D eigenvalue weighted by Crippen LogP contribution is -2.41. The first-order valence-electron chi connectivity index (χ1n) is 8.58. The number of nitrogens with zero attached hydrogens (tertiary/aromatic N) is 3. The van der Waals surface area contributed by atoms with E-state index in [-0.39, 0.29) is 22.7 Å². The van der Waals surface area contributed by atoms with Gasteiger partial charge < -0.3 is 15.0 Å². The lowest BCUT2D eigenvalue weighted by atomic mass is 10.1. The van der Waals surface area contributed by atoms with Gasteiger partial charge >= 0.3 is 0 Å². The first-order valence-corrected chi connectivity index (χ1v) is 8.58.